The molecule has 1 aromatic rings. The predicted molar refractivity (Wildman–Crippen MR) is 56.2 cm³/mol. The standard InChI is InChI=1S/C9H11NO5S/c1-10-16(13,14)6-3-4-7(9(11)12)8(5-6)15-2/h3-5,10H,1-2H3,(H,11,12). The van der Waals surface area contributed by atoms with Crippen molar-refractivity contribution in [1.29, 1.82) is 0 Å². The average molecular weight is 245 g/mol. The molecule has 0 fully saturated rings. The molecule has 0 aliphatic heterocycles. The second-order valence-electron chi connectivity index (χ2n) is 2.87. The highest BCUT2D eigenvalue weighted by Gasteiger charge is 2.17. The van der Waals surface area contributed by atoms with Gasteiger partial charge in [0.1, 0.15) is 11.3 Å². The lowest BCUT2D eigenvalue weighted by Crippen LogP contribution is -2.18. The summed E-state index contributed by atoms with van der Waals surface area (Å²) in [7, 11) is -1.05. The summed E-state index contributed by atoms with van der Waals surface area (Å²) in [6.07, 6.45) is 0. The molecule has 0 aliphatic rings. The van der Waals surface area contributed by atoms with Crippen molar-refractivity contribution in [3.8, 4) is 5.75 Å². The van der Waals surface area contributed by atoms with Crippen LogP contribution in [0.3, 0.4) is 0 Å². The molecule has 0 bridgehead atoms. The fourth-order valence-corrected chi connectivity index (χ4v) is 1.88. The van der Waals surface area contributed by atoms with E-state index in [2.05, 4.69) is 4.72 Å². The molecular formula is C9H11NO5S. The molecule has 0 aliphatic carbocycles. The van der Waals surface area contributed by atoms with E-state index in [1.54, 1.807) is 0 Å². The molecule has 0 unspecified atom stereocenters. The van der Waals surface area contributed by atoms with Crippen LogP contribution < -0.4 is 9.46 Å². The molecule has 0 radical (unpaired) electrons. The van der Waals surface area contributed by atoms with Crippen LogP contribution in [0.4, 0.5) is 0 Å². The van der Waals surface area contributed by atoms with E-state index in [1.165, 1.54) is 26.3 Å². The summed E-state index contributed by atoms with van der Waals surface area (Å²) in [5, 5.41) is 8.80. The van der Waals surface area contributed by atoms with Crippen molar-refractivity contribution in [2.75, 3.05) is 14.2 Å². The normalized spacial score (nSPS) is 11.1. The van der Waals surface area contributed by atoms with E-state index in [0.717, 1.165) is 6.07 Å². The Bertz CT molecular complexity index is 509. The van der Waals surface area contributed by atoms with E-state index in [1.807, 2.05) is 0 Å². The van der Waals surface area contributed by atoms with Crippen LogP contribution in [0.1, 0.15) is 10.4 Å². The minimum Gasteiger partial charge on any atom is -0.496 e. The summed E-state index contributed by atoms with van der Waals surface area (Å²) in [4.78, 5) is 10.7. The third-order valence-corrected chi connectivity index (χ3v) is 3.39. The van der Waals surface area contributed by atoms with Crippen LogP contribution in [0, 0.1) is 0 Å². The maximum absolute atomic E-state index is 11.4. The van der Waals surface area contributed by atoms with Crippen LogP contribution in [0.5, 0.6) is 5.75 Å². The molecule has 1 rings (SSSR count). The first-order chi connectivity index (χ1) is 7.42. The molecule has 0 heterocycles. The number of carboxylic acid groups (broad SMARTS) is 1. The van der Waals surface area contributed by atoms with Gasteiger partial charge in [0, 0.05) is 6.07 Å². The number of carboxylic acids is 1. The second-order valence-corrected chi connectivity index (χ2v) is 4.76. The Hall–Kier alpha value is -1.60. The molecule has 0 saturated carbocycles. The van der Waals surface area contributed by atoms with Crippen molar-refractivity contribution in [3.63, 3.8) is 0 Å². The number of ether oxygens (including phenoxy) is 1. The molecule has 7 heteroatoms. The number of benzene rings is 1. The Kier molecular flexibility index (Phi) is 3.51. The maximum atomic E-state index is 11.4. The van der Waals surface area contributed by atoms with Crippen LogP contribution in [-0.2, 0) is 10.0 Å². The van der Waals surface area contributed by atoms with Gasteiger partial charge in [-0.3, -0.25) is 0 Å². The predicted octanol–water partition coefficient (Wildman–Crippen LogP) is 0.301. The van der Waals surface area contributed by atoms with E-state index >= 15 is 0 Å². The first kappa shape index (κ1) is 12.5. The van der Waals surface area contributed by atoms with E-state index in [4.69, 9.17) is 9.84 Å². The number of hydrogen-bond acceptors (Lipinski definition) is 4. The molecule has 6 nitrogen and oxygen atoms in total. The molecule has 1 aromatic carbocycles. The average Bonchev–Trinajstić information content (AvgIpc) is 2.27. The van der Waals surface area contributed by atoms with Gasteiger partial charge in [-0.05, 0) is 19.2 Å². The summed E-state index contributed by atoms with van der Waals surface area (Å²) in [5.41, 5.74) is -0.0856. The fourth-order valence-electron chi connectivity index (χ4n) is 1.13. The maximum Gasteiger partial charge on any atom is 0.339 e. The van der Waals surface area contributed by atoms with E-state index in [-0.39, 0.29) is 16.2 Å². The van der Waals surface area contributed by atoms with Crippen molar-refractivity contribution < 1.29 is 23.1 Å². The van der Waals surface area contributed by atoms with E-state index in [9.17, 15) is 13.2 Å². The Morgan fingerprint density at radius 1 is 1.44 bits per heavy atom. The van der Waals surface area contributed by atoms with Gasteiger partial charge in [0.05, 0.1) is 12.0 Å². The summed E-state index contributed by atoms with van der Waals surface area (Å²) >= 11 is 0. The van der Waals surface area contributed by atoms with Gasteiger partial charge in [-0.1, -0.05) is 0 Å². The zero-order chi connectivity index (χ0) is 12.3. The SMILES string of the molecule is CNS(=O)(=O)c1ccc(C(=O)O)c(OC)c1. The molecular weight excluding hydrogens is 234 g/mol. The second kappa shape index (κ2) is 4.50. The lowest BCUT2D eigenvalue weighted by Gasteiger charge is -2.07. The van der Waals surface area contributed by atoms with E-state index < -0.39 is 16.0 Å². The van der Waals surface area contributed by atoms with Gasteiger partial charge in [0.25, 0.3) is 0 Å². The number of nitrogens with one attached hydrogen (secondary N) is 1. The number of carbonyl (C=O) groups is 1. The van der Waals surface area contributed by atoms with Gasteiger partial charge in [-0.2, -0.15) is 0 Å². The lowest BCUT2D eigenvalue weighted by molar-refractivity contribution is 0.0693. The topological polar surface area (TPSA) is 92.7 Å². The van der Waals surface area contributed by atoms with Crippen molar-refractivity contribution in [2.45, 2.75) is 4.90 Å². The highest BCUT2D eigenvalue weighted by atomic mass is 32.2. The monoisotopic (exact) mass is 245 g/mol. The minimum absolute atomic E-state index is 0.00354. The van der Waals surface area contributed by atoms with Crippen molar-refractivity contribution in [2.24, 2.45) is 0 Å². The number of hydrogen-bond donors (Lipinski definition) is 2. The smallest absolute Gasteiger partial charge is 0.339 e. The molecule has 0 spiro atoms. The molecule has 0 aromatic heterocycles. The third-order valence-electron chi connectivity index (χ3n) is 1.98. The quantitative estimate of drug-likeness (QED) is 0.796. The number of aromatic carboxylic acids is 1. The van der Waals surface area contributed by atoms with Crippen LogP contribution in [0.2, 0.25) is 0 Å². The summed E-state index contributed by atoms with van der Waals surface area (Å²) in [6, 6.07) is 3.55. The first-order valence-electron chi connectivity index (χ1n) is 4.27. The molecule has 2 N–H and O–H groups in total. The molecule has 0 saturated heterocycles. The Balaban J connectivity index is 3.35. The highest BCUT2D eigenvalue weighted by molar-refractivity contribution is 7.89. The van der Waals surface area contributed by atoms with Crippen molar-refractivity contribution in [3.05, 3.63) is 23.8 Å². The fraction of sp³-hybridized carbons (Fsp3) is 0.222. The lowest BCUT2D eigenvalue weighted by atomic mass is 10.2. The van der Waals surface area contributed by atoms with Crippen LogP contribution in [0.15, 0.2) is 23.1 Å². The molecule has 88 valence electrons. The summed E-state index contributed by atoms with van der Waals surface area (Å²) in [6.45, 7) is 0. The van der Waals surface area contributed by atoms with Gasteiger partial charge in [0.2, 0.25) is 10.0 Å². The third kappa shape index (κ3) is 2.31. The van der Waals surface area contributed by atoms with Crippen LogP contribution in [-0.4, -0.2) is 33.7 Å². The van der Waals surface area contributed by atoms with Crippen molar-refractivity contribution >= 4 is 16.0 Å². The molecule has 0 atom stereocenters. The van der Waals surface area contributed by atoms with Crippen molar-refractivity contribution in [1.82, 2.24) is 4.72 Å². The minimum atomic E-state index is -3.60. The van der Waals surface area contributed by atoms with Crippen LogP contribution in [0.25, 0.3) is 0 Å². The largest absolute Gasteiger partial charge is 0.496 e. The number of sulfonamides is 1. The van der Waals surface area contributed by atoms with E-state index in [0.29, 0.717) is 0 Å². The summed E-state index contributed by atoms with van der Waals surface area (Å²) < 4.78 is 29.8. The molecule has 16 heavy (non-hydrogen) atoms. The highest BCUT2D eigenvalue weighted by Crippen LogP contribution is 2.22. The first-order valence-corrected chi connectivity index (χ1v) is 5.75. The van der Waals surface area contributed by atoms with Gasteiger partial charge in [-0.15, -0.1) is 0 Å². The van der Waals surface area contributed by atoms with Gasteiger partial charge in [-0.25, -0.2) is 17.9 Å². The Labute approximate surface area is 92.9 Å². The van der Waals surface area contributed by atoms with Crippen LogP contribution >= 0.6 is 0 Å². The zero-order valence-electron chi connectivity index (χ0n) is 8.72. The number of methoxy groups -OCH3 is 1. The van der Waals surface area contributed by atoms with Gasteiger partial charge < -0.3 is 9.84 Å². The zero-order valence-corrected chi connectivity index (χ0v) is 9.54. The van der Waals surface area contributed by atoms with Gasteiger partial charge >= 0.3 is 5.97 Å². The summed E-state index contributed by atoms with van der Waals surface area (Å²) in [5.74, 6) is -1.17. The van der Waals surface area contributed by atoms with Gasteiger partial charge in [0.15, 0.2) is 0 Å². The Morgan fingerprint density at radius 2 is 2.06 bits per heavy atom. The Morgan fingerprint density at radius 3 is 2.50 bits per heavy atom. The molecule has 0 amide bonds. The number of rotatable bonds is 4.